The van der Waals surface area contributed by atoms with E-state index in [0.29, 0.717) is 6.54 Å². The monoisotopic (exact) mass is 253 g/mol. The van der Waals surface area contributed by atoms with Crippen molar-refractivity contribution in [2.75, 3.05) is 25.1 Å². The quantitative estimate of drug-likeness (QED) is 0.443. The number of rotatable bonds is 6. The number of nitrogens with one attached hydrogen (secondary N) is 1. The molecule has 98 valence electrons. The number of hydrogen-bond acceptors (Lipinski definition) is 5. The van der Waals surface area contributed by atoms with Gasteiger partial charge in [-0.25, -0.2) is 0 Å². The smallest absolute Gasteiger partial charge is 0.293 e. The molecule has 0 unspecified atom stereocenters. The third kappa shape index (κ3) is 4.11. The Morgan fingerprint density at radius 1 is 1.56 bits per heavy atom. The SMILES string of the molecule is Cc1ccc(NC(=O)COCCN)c([N+](=O)[O-])c1. The zero-order valence-corrected chi connectivity index (χ0v) is 10.0. The number of amides is 1. The minimum Gasteiger partial charge on any atom is -0.370 e. The van der Waals surface area contributed by atoms with Gasteiger partial charge in [-0.2, -0.15) is 0 Å². The van der Waals surface area contributed by atoms with Crippen molar-refractivity contribution in [3.63, 3.8) is 0 Å². The number of hydrogen-bond donors (Lipinski definition) is 2. The molecule has 18 heavy (non-hydrogen) atoms. The number of anilines is 1. The van der Waals surface area contributed by atoms with Crippen LogP contribution in [0.25, 0.3) is 0 Å². The van der Waals surface area contributed by atoms with Crippen molar-refractivity contribution in [3.8, 4) is 0 Å². The van der Waals surface area contributed by atoms with Crippen LogP contribution in [-0.2, 0) is 9.53 Å². The van der Waals surface area contributed by atoms with Gasteiger partial charge in [0.1, 0.15) is 12.3 Å². The molecule has 0 saturated heterocycles. The highest BCUT2D eigenvalue weighted by atomic mass is 16.6. The third-order valence-corrected chi connectivity index (χ3v) is 2.12. The summed E-state index contributed by atoms with van der Waals surface area (Å²) < 4.78 is 4.93. The number of carbonyl (C=O) groups is 1. The maximum Gasteiger partial charge on any atom is 0.293 e. The molecule has 0 aliphatic rings. The Kier molecular flexibility index (Phi) is 5.22. The van der Waals surface area contributed by atoms with E-state index >= 15 is 0 Å². The number of nitro groups is 1. The van der Waals surface area contributed by atoms with Crippen molar-refractivity contribution in [1.29, 1.82) is 0 Å². The summed E-state index contributed by atoms with van der Waals surface area (Å²) in [6.45, 7) is 2.15. The van der Waals surface area contributed by atoms with E-state index in [0.717, 1.165) is 5.56 Å². The summed E-state index contributed by atoms with van der Waals surface area (Å²) in [6, 6.07) is 4.58. The van der Waals surface area contributed by atoms with Gasteiger partial charge in [-0.05, 0) is 18.6 Å². The Morgan fingerprint density at radius 3 is 2.89 bits per heavy atom. The number of nitro benzene ring substituents is 1. The second-order valence-corrected chi connectivity index (χ2v) is 3.67. The first-order valence-electron chi connectivity index (χ1n) is 5.37. The predicted molar refractivity (Wildman–Crippen MR) is 66.3 cm³/mol. The average molecular weight is 253 g/mol. The maximum absolute atomic E-state index is 11.4. The molecular formula is C11H15N3O4. The summed E-state index contributed by atoms with van der Waals surface area (Å²) in [5.41, 5.74) is 5.97. The van der Waals surface area contributed by atoms with Gasteiger partial charge in [-0.3, -0.25) is 14.9 Å². The molecule has 0 fully saturated rings. The highest BCUT2D eigenvalue weighted by Crippen LogP contribution is 2.25. The lowest BCUT2D eigenvalue weighted by Crippen LogP contribution is -2.21. The number of benzene rings is 1. The van der Waals surface area contributed by atoms with E-state index in [1.54, 1.807) is 13.0 Å². The summed E-state index contributed by atoms with van der Waals surface area (Å²) in [4.78, 5) is 21.7. The largest absolute Gasteiger partial charge is 0.370 e. The Morgan fingerprint density at radius 2 is 2.28 bits per heavy atom. The van der Waals surface area contributed by atoms with Crippen molar-refractivity contribution >= 4 is 17.3 Å². The predicted octanol–water partition coefficient (Wildman–Crippen LogP) is 0.817. The highest BCUT2D eigenvalue weighted by Gasteiger charge is 2.15. The fourth-order valence-corrected chi connectivity index (χ4v) is 1.33. The summed E-state index contributed by atoms with van der Waals surface area (Å²) >= 11 is 0. The van der Waals surface area contributed by atoms with E-state index in [1.165, 1.54) is 12.1 Å². The van der Waals surface area contributed by atoms with E-state index in [4.69, 9.17) is 10.5 Å². The van der Waals surface area contributed by atoms with Crippen LogP contribution in [0.3, 0.4) is 0 Å². The van der Waals surface area contributed by atoms with Crippen LogP contribution in [-0.4, -0.2) is 30.6 Å². The first kappa shape index (κ1) is 14.1. The molecule has 0 aliphatic carbocycles. The van der Waals surface area contributed by atoms with Crippen molar-refractivity contribution in [3.05, 3.63) is 33.9 Å². The summed E-state index contributed by atoms with van der Waals surface area (Å²) in [5.74, 6) is -0.449. The minimum atomic E-state index is -0.538. The van der Waals surface area contributed by atoms with Crippen LogP contribution >= 0.6 is 0 Å². The van der Waals surface area contributed by atoms with E-state index in [2.05, 4.69) is 5.32 Å². The lowest BCUT2D eigenvalue weighted by Gasteiger charge is -2.06. The van der Waals surface area contributed by atoms with E-state index in [1.807, 2.05) is 0 Å². The molecule has 0 bridgehead atoms. The molecular weight excluding hydrogens is 238 g/mol. The second kappa shape index (κ2) is 6.67. The highest BCUT2D eigenvalue weighted by molar-refractivity contribution is 5.94. The van der Waals surface area contributed by atoms with Crippen LogP contribution in [0.15, 0.2) is 18.2 Å². The van der Waals surface area contributed by atoms with Crippen molar-refractivity contribution in [1.82, 2.24) is 0 Å². The molecule has 0 saturated carbocycles. The average Bonchev–Trinajstić information content (AvgIpc) is 2.31. The van der Waals surface area contributed by atoms with E-state index in [-0.39, 0.29) is 24.6 Å². The van der Waals surface area contributed by atoms with Gasteiger partial charge in [0, 0.05) is 12.6 Å². The summed E-state index contributed by atoms with van der Waals surface area (Å²) in [5, 5.41) is 13.3. The van der Waals surface area contributed by atoms with Crippen molar-refractivity contribution in [2.45, 2.75) is 6.92 Å². The molecule has 0 spiro atoms. The molecule has 1 aromatic carbocycles. The van der Waals surface area contributed by atoms with Crippen LogP contribution in [0.5, 0.6) is 0 Å². The molecule has 1 amide bonds. The first-order valence-corrected chi connectivity index (χ1v) is 5.37. The number of aryl methyl sites for hydroxylation is 1. The molecule has 7 nitrogen and oxygen atoms in total. The van der Waals surface area contributed by atoms with E-state index in [9.17, 15) is 14.9 Å². The minimum absolute atomic E-state index is 0.137. The molecule has 3 N–H and O–H groups in total. The molecule has 0 radical (unpaired) electrons. The standard InChI is InChI=1S/C11H15N3O4/c1-8-2-3-9(10(6-8)14(16)17)13-11(15)7-18-5-4-12/h2-3,6H,4-5,7,12H2,1H3,(H,13,15). The lowest BCUT2D eigenvalue weighted by atomic mass is 10.2. The zero-order valence-electron chi connectivity index (χ0n) is 10.0. The molecule has 7 heteroatoms. The molecule has 0 aliphatic heterocycles. The van der Waals surface area contributed by atoms with Crippen LogP contribution in [0.2, 0.25) is 0 Å². The fraction of sp³-hybridized carbons (Fsp3) is 0.364. The molecule has 0 atom stereocenters. The molecule has 1 rings (SSSR count). The van der Waals surface area contributed by atoms with Gasteiger partial charge < -0.3 is 15.8 Å². The first-order chi connectivity index (χ1) is 8.54. The van der Waals surface area contributed by atoms with Gasteiger partial charge in [-0.15, -0.1) is 0 Å². The second-order valence-electron chi connectivity index (χ2n) is 3.67. The molecule has 1 aromatic rings. The lowest BCUT2D eigenvalue weighted by molar-refractivity contribution is -0.384. The van der Waals surface area contributed by atoms with Crippen LogP contribution in [0.4, 0.5) is 11.4 Å². The normalized spacial score (nSPS) is 10.1. The van der Waals surface area contributed by atoms with E-state index < -0.39 is 10.8 Å². The van der Waals surface area contributed by atoms with Gasteiger partial charge >= 0.3 is 0 Å². The van der Waals surface area contributed by atoms with Gasteiger partial charge in [0.15, 0.2) is 0 Å². The zero-order chi connectivity index (χ0) is 13.5. The van der Waals surface area contributed by atoms with Crippen molar-refractivity contribution < 1.29 is 14.5 Å². The summed E-state index contributed by atoms with van der Waals surface area (Å²) in [6.07, 6.45) is 0. The van der Waals surface area contributed by atoms with Gasteiger partial charge in [0.25, 0.3) is 11.6 Å². The van der Waals surface area contributed by atoms with Crippen LogP contribution in [0.1, 0.15) is 5.56 Å². The summed E-state index contributed by atoms with van der Waals surface area (Å²) in [7, 11) is 0. The number of ether oxygens (including phenoxy) is 1. The Labute approximate surface area is 104 Å². The van der Waals surface area contributed by atoms with Gasteiger partial charge in [0.2, 0.25) is 0 Å². The van der Waals surface area contributed by atoms with Crippen LogP contribution in [0, 0.1) is 17.0 Å². The molecule has 0 aromatic heterocycles. The third-order valence-electron chi connectivity index (χ3n) is 2.12. The Bertz CT molecular complexity index is 448. The van der Waals surface area contributed by atoms with Gasteiger partial charge in [-0.1, -0.05) is 6.07 Å². The fourth-order valence-electron chi connectivity index (χ4n) is 1.33. The number of nitrogens with two attached hydrogens (primary N) is 1. The van der Waals surface area contributed by atoms with Gasteiger partial charge in [0.05, 0.1) is 11.5 Å². The Balaban J connectivity index is 2.72. The number of nitrogens with zero attached hydrogens (tertiary/aromatic N) is 1. The Hall–Kier alpha value is -1.99. The molecule has 0 heterocycles. The maximum atomic E-state index is 11.4. The van der Waals surface area contributed by atoms with Crippen LogP contribution < -0.4 is 11.1 Å². The van der Waals surface area contributed by atoms with Crippen molar-refractivity contribution in [2.24, 2.45) is 5.73 Å². The number of carbonyl (C=O) groups excluding carboxylic acids is 1. The topological polar surface area (TPSA) is 107 Å².